The van der Waals surface area contributed by atoms with Gasteiger partial charge in [-0.25, -0.2) is 14.5 Å². The van der Waals surface area contributed by atoms with Crippen LogP contribution in [0.1, 0.15) is 35.5 Å². The molecule has 0 aliphatic carbocycles. The Kier molecular flexibility index (Phi) is 5.19. The highest BCUT2D eigenvalue weighted by Crippen LogP contribution is 2.46. The average Bonchev–Trinajstić information content (AvgIpc) is 3.24. The fourth-order valence-electron chi connectivity index (χ4n) is 3.99. The quantitative estimate of drug-likeness (QED) is 0.467. The first-order valence-electron chi connectivity index (χ1n) is 10.0. The van der Waals surface area contributed by atoms with Gasteiger partial charge >= 0.3 is 5.97 Å². The Morgan fingerprint density at radius 2 is 1.87 bits per heavy atom. The minimum absolute atomic E-state index is 0.272. The molecule has 3 aromatic rings. The van der Waals surface area contributed by atoms with Gasteiger partial charge < -0.3 is 9.64 Å². The number of allylic oxidation sites excluding steroid dienone is 1. The Morgan fingerprint density at radius 1 is 1.13 bits per heavy atom. The zero-order valence-electron chi connectivity index (χ0n) is 18.0. The lowest BCUT2D eigenvalue weighted by atomic mass is 9.83. The van der Waals surface area contributed by atoms with Crippen LogP contribution >= 0.6 is 0 Å². The highest BCUT2D eigenvalue weighted by atomic mass is 16.5. The van der Waals surface area contributed by atoms with Crippen LogP contribution in [0.4, 0.5) is 5.69 Å². The van der Waals surface area contributed by atoms with Gasteiger partial charge in [0.2, 0.25) is 0 Å². The number of para-hydroxylation sites is 1. The Hall–Kier alpha value is -3.74. The maximum atomic E-state index is 12.6. The van der Waals surface area contributed by atoms with Crippen LogP contribution in [0.5, 0.6) is 0 Å². The summed E-state index contributed by atoms with van der Waals surface area (Å²) in [7, 11) is 1.94. The van der Waals surface area contributed by atoms with Crippen molar-refractivity contribution < 1.29 is 14.3 Å². The molecule has 4 rings (SSSR count). The molecule has 1 aromatic carbocycles. The maximum Gasteiger partial charge on any atom is 0.342 e. The van der Waals surface area contributed by atoms with Gasteiger partial charge in [0.15, 0.2) is 18.2 Å². The van der Waals surface area contributed by atoms with E-state index in [4.69, 9.17) is 4.74 Å². The van der Waals surface area contributed by atoms with E-state index in [0.717, 1.165) is 16.9 Å². The largest absolute Gasteiger partial charge is 0.454 e. The highest BCUT2D eigenvalue weighted by molar-refractivity contribution is 5.97. The highest BCUT2D eigenvalue weighted by Gasteiger charge is 2.38. The summed E-state index contributed by atoms with van der Waals surface area (Å²) in [5.41, 5.74) is 3.69. The van der Waals surface area contributed by atoms with Gasteiger partial charge in [0, 0.05) is 36.1 Å². The molecule has 0 fully saturated rings. The lowest BCUT2D eigenvalue weighted by molar-refractivity contribution is -0.117. The molecular weight excluding hydrogens is 392 g/mol. The molecular formula is C24H24N4O3. The number of ketones is 1. The summed E-state index contributed by atoms with van der Waals surface area (Å²) in [6, 6.07) is 13.5. The number of likely N-dealkylation sites (N-methyl/N-ethyl adjacent to an activating group) is 1. The third kappa shape index (κ3) is 3.63. The van der Waals surface area contributed by atoms with Crippen LogP contribution < -0.4 is 4.90 Å². The van der Waals surface area contributed by atoms with Crippen LogP contribution in [0.2, 0.25) is 0 Å². The summed E-state index contributed by atoms with van der Waals surface area (Å²) in [5.74, 6) is -0.259. The number of hydrogen-bond acceptors (Lipinski definition) is 6. The van der Waals surface area contributed by atoms with E-state index in [0.29, 0.717) is 17.1 Å². The molecule has 0 N–H and O–H groups in total. The Morgan fingerprint density at radius 3 is 2.58 bits per heavy atom. The molecule has 7 heteroatoms. The summed E-state index contributed by atoms with van der Waals surface area (Å²) in [6.45, 7) is 5.58. The first kappa shape index (κ1) is 20.5. The number of anilines is 1. The molecule has 2 aromatic heterocycles. The van der Waals surface area contributed by atoms with Crippen molar-refractivity contribution in [3.63, 3.8) is 0 Å². The van der Waals surface area contributed by atoms with Crippen molar-refractivity contribution in [1.82, 2.24) is 14.8 Å². The number of fused-ring (bicyclic) bond motifs is 1. The van der Waals surface area contributed by atoms with Gasteiger partial charge in [-0.2, -0.15) is 5.10 Å². The molecule has 0 atom stereocenters. The number of esters is 1. The van der Waals surface area contributed by atoms with Gasteiger partial charge in [-0.3, -0.25) is 4.79 Å². The van der Waals surface area contributed by atoms with Crippen molar-refractivity contribution in [2.24, 2.45) is 0 Å². The summed E-state index contributed by atoms with van der Waals surface area (Å²) in [6.07, 6.45) is 4.65. The monoisotopic (exact) mass is 416 g/mol. The molecule has 31 heavy (non-hydrogen) atoms. The molecule has 3 heterocycles. The Balaban J connectivity index is 1.47. The molecule has 0 radical (unpaired) electrons. The number of benzene rings is 1. The number of rotatable bonds is 5. The summed E-state index contributed by atoms with van der Waals surface area (Å²) in [5, 5.41) is 4.22. The summed E-state index contributed by atoms with van der Waals surface area (Å²) >= 11 is 0. The number of carbonyl (C=O) groups is 2. The van der Waals surface area contributed by atoms with Crippen LogP contribution in [0, 0.1) is 6.92 Å². The van der Waals surface area contributed by atoms with Crippen LogP contribution in [0.15, 0.2) is 66.6 Å². The maximum absolute atomic E-state index is 12.6. The first-order valence-corrected chi connectivity index (χ1v) is 10.0. The minimum atomic E-state index is -0.589. The van der Waals surface area contributed by atoms with Gasteiger partial charge in [-0.15, -0.1) is 0 Å². The SMILES string of the molecule is Cc1c(C(=O)OCC(=O)/C=C2\N(C)c3ccccc3C2(C)C)cnn1-c1ccccn1. The Bertz CT molecular complexity index is 1180. The molecule has 7 nitrogen and oxygen atoms in total. The normalized spacial score (nSPS) is 15.7. The number of pyridine rings is 1. The average molecular weight is 416 g/mol. The molecule has 0 amide bonds. The van der Waals surface area contributed by atoms with E-state index in [-0.39, 0.29) is 17.8 Å². The van der Waals surface area contributed by atoms with Crippen LogP contribution in [0.25, 0.3) is 5.82 Å². The zero-order valence-corrected chi connectivity index (χ0v) is 18.0. The second-order valence-corrected chi connectivity index (χ2v) is 8.02. The predicted molar refractivity (Wildman–Crippen MR) is 117 cm³/mol. The van der Waals surface area contributed by atoms with E-state index < -0.39 is 5.97 Å². The van der Waals surface area contributed by atoms with Gasteiger partial charge in [0.1, 0.15) is 5.56 Å². The smallest absolute Gasteiger partial charge is 0.342 e. The first-order chi connectivity index (χ1) is 14.8. The van der Waals surface area contributed by atoms with Gasteiger partial charge in [0.25, 0.3) is 0 Å². The molecule has 0 saturated heterocycles. The van der Waals surface area contributed by atoms with E-state index in [1.54, 1.807) is 36.0 Å². The fraction of sp³-hybridized carbons (Fsp3) is 0.250. The lowest BCUT2D eigenvalue weighted by Crippen LogP contribution is -2.25. The van der Waals surface area contributed by atoms with Crippen molar-refractivity contribution in [3.8, 4) is 5.82 Å². The second-order valence-electron chi connectivity index (χ2n) is 8.02. The van der Waals surface area contributed by atoms with Crippen molar-refractivity contribution in [2.45, 2.75) is 26.2 Å². The fourth-order valence-corrected chi connectivity index (χ4v) is 3.99. The van der Waals surface area contributed by atoms with Crippen molar-refractivity contribution in [2.75, 3.05) is 18.6 Å². The van der Waals surface area contributed by atoms with Crippen molar-refractivity contribution in [3.05, 3.63) is 83.5 Å². The molecule has 0 bridgehead atoms. The molecule has 0 saturated carbocycles. The second kappa shape index (κ2) is 7.83. The van der Waals surface area contributed by atoms with Gasteiger partial charge in [-0.1, -0.05) is 38.1 Å². The molecule has 158 valence electrons. The summed E-state index contributed by atoms with van der Waals surface area (Å²) in [4.78, 5) is 31.4. The topological polar surface area (TPSA) is 77.3 Å². The van der Waals surface area contributed by atoms with E-state index in [1.807, 2.05) is 36.2 Å². The number of aromatic nitrogens is 3. The van der Waals surface area contributed by atoms with Gasteiger partial charge in [-0.05, 0) is 30.7 Å². The van der Waals surface area contributed by atoms with E-state index in [2.05, 4.69) is 30.0 Å². The standard InChI is InChI=1S/C24H24N4O3/c1-16-18(14-26-28(16)22-11-7-8-12-25-22)23(30)31-15-17(29)13-21-24(2,3)19-9-5-6-10-20(19)27(21)4/h5-14H,15H2,1-4H3/b21-13-. The number of carbonyl (C=O) groups excluding carboxylic acids is 2. The Labute approximate surface area is 181 Å². The van der Waals surface area contributed by atoms with Crippen molar-refractivity contribution in [1.29, 1.82) is 0 Å². The van der Waals surface area contributed by atoms with E-state index >= 15 is 0 Å². The third-order valence-electron chi connectivity index (χ3n) is 5.68. The number of ether oxygens (including phenoxy) is 1. The van der Waals surface area contributed by atoms with Crippen LogP contribution in [-0.2, 0) is 14.9 Å². The lowest BCUT2D eigenvalue weighted by Gasteiger charge is -2.23. The zero-order chi connectivity index (χ0) is 22.2. The summed E-state index contributed by atoms with van der Waals surface area (Å²) < 4.78 is 6.85. The van der Waals surface area contributed by atoms with Crippen molar-refractivity contribution >= 4 is 17.4 Å². The van der Waals surface area contributed by atoms with Crippen LogP contribution in [-0.4, -0.2) is 40.2 Å². The third-order valence-corrected chi connectivity index (χ3v) is 5.68. The van der Waals surface area contributed by atoms with E-state index in [1.165, 1.54) is 6.20 Å². The molecule has 0 spiro atoms. The van der Waals surface area contributed by atoms with E-state index in [9.17, 15) is 9.59 Å². The van der Waals surface area contributed by atoms with Crippen LogP contribution in [0.3, 0.4) is 0 Å². The molecule has 1 aliphatic heterocycles. The number of hydrogen-bond donors (Lipinski definition) is 0. The predicted octanol–water partition coefficient (Wildman–Crippen LogP) is 3.61. The molecule has 0 unspecified atom stereocenters. The number of nitrogens with zero attached hydrogens (tertiary/aromatic N) is 4. The molecule has 1 aliphatic rings. The van der Waals surface area contributed by atoms with Gasteiger partial charge in [0.05, 0.1) is 11.9 Å². The minimum Gasteiger partial charge on any atom is -0.454 e.